The van der Waals surface area contributed by atoms with Crippen LogP contribution in [-0.4, -0.2) is 37.1 Å². The van der Waals surface area contributed by atoms with Crippen LogP contribution in [-0.2, 0) is 0 Å². The van der Waals surface area contributed by atoms with Crippen molar-refractivity contribution in [2.24, 2.45) is 5.92 Å². The molecule has 0 spiro atoms. The third-order valence-corrected chi connectivity index (χ3v) is 4.01. The molecule has 0 aromatic heterocycles. The molecule has 2 unspecified atom stereocenters. The van der Waals surface area contributed by atoms with Gasteiger partial charge in [-0.3, -0.25) is 0 Å². The second kappa shape index (κ2) is 8.08. The largest absolute Gasteiger partial charge is 0.313 e. The van der Waals surface area contributed by atoms with E-state index in [0.717, 1.165) is 12.0 Å². The first kappa shape index (κ1) is 14.0. The van der Waals surface area contributed by atoms with E-state index < -0.39 is 0 Å². The Bertz CT molecular complexity index is 166. The molecule has 0 bridgehead atoms. The third kappa shape index (κ3) is 5.31. The average Bonchev–Trinajstić information content (AvgIpc) is 2.50. The van der Waals surface area contributed by atoms with Gasteiger partial charge in [0.15, 0.2) is 0 Å². The molecule has 0 radical (unpaired) electrons. The third-order valence-electron chi connectivity index (χ3n) is 4.01. The molecule has 1 aliphatic rings. The first-order valence-corrected chi connectivity index (χ1v) is 7.22. The molecule has 0 amide bonds. The maximum atomic E-state index is 3.74. The highest BCUT2D eigenvalue weighted by Crippen LogP contribution is 2.22. The topological polar surface area (TPSA) is 15.3 Å². The lowest BCUT2D eigenvalue weighted by Crippen LogP contribution is -2.37. The van der Waals surface area contributed by atoms with Gasteiger partial charge < -0.3 is 10.2 Å². The molecule has 0 aromatic rings. The zero-order valence-corrected chi connectivity index (χ0v) is 11.5. The predicted molar refractivity (Wildman–Crippen MR) is 71.8 cm³/mol. The Balaban J connectivity index is 2.12. The van der Waals surface area contributed by atoms with E-state index in [2.05, 4.69) is 31.0 Å². The van der Waals surface area contributed by atoms with Gasteiger partial charge in [-0.05, 0) is 38.3 Å². The van der Waals surface area contributed by atoms with Crippen molar-refractivity contribution >= 4 is 0 Å². The van der Waals surface area contributed by atoms with E-state index in [1.807, 2.05) is 0 Å². The van der Waals surface area contributed by atoms with Gasteiger partial charge in [0.1, 0.15) is 0 Å². The Labute approximate surface area is 102 Å². The summed E-state index contributed by atoms with van der Waals surface area (Å²) in [5, 5.41) is 3.74. The Morgan fingerprint density at radius 2 is 1.81 bits per heavy atom. The van der Waals surface area contributed by atoms with Gasteiger partial charge in [-0.15, -0.1) is 0 Å². The van der Waals surface area contributed by atoms with Gasteiger partial charge >= 0.3 is 0 Å². The standard InChI is InChI=1S/C14H30N2/c1-4-16(5-2)12-11-15-14-8-6-7-13(3)9-10-14/h13-15H,4-12H2,1-3H3. The van der Waals surface area contributed by atoms with Crippen LogP contribution in [0, 0.1) is 5.92 Å². The average molecular weight is 226 g/mol. The van der Waals surface area contributed by atoms with Crippen molar-refractivity contribution < 1.29 is 0 Å². The molecule has 1 aliphatic carbocycles. The van der Waals surface area contributed by atoms with Crippen LogP contribution in [0.1, 0.15) is 52.9 Å². The maximum Gasteiger partial charge on any atom is 0.0107 e. The lowest BCUT2D eigenvalue weighted by Gasteiger charge is -2.21. The minimum Gasteiger partial charge on any atom is -0.313 e. The SMILES string of the molecule is CCN(CC)CCNC1CCCC(C)CC1. The Morgan fingerprint density at radius 1 is 1.06 bits per heavy atom. The number of rotatable bonds is 6. The smallest absolute Gasteiger partial charge is 0.0107 e. The molecule has 1 N–H and O–H groups in total. The molecule has 96 valence electrons. The Morgan fingerprint density at radius 3 is 2.50 bits per heavy atom. The molecular weight excluding hydrogens is 196 g/mol. The maximum absolute atomic E-state index is 3.74. The number of hydrogen-bond acceptors (Lipinski definition) is 2. The summed E-state index contributed by atoms with van der Waals surface area (Å²) in [5.41, 5.74) is 0. The van der Waals surface area contributed by atoms with Gasteiger partial charge in [0.05, 0.1) is 0 Å². The van der Waals surface area contributed by atoms with E-state index in [4.69, 9.17) is 0 Å². The van der Waals surface area contributed by atoms with Crippen LogP contribution >= 0.6 is 0 Å². The van der Waals surface area contributed by atoms with Gasteiger partial charge in [0.2, 0.25) is 0 Å². The van der Waals surface area contributed by atoms with Gasteiger partial charge in [0, 0.05) is 19.1 Å². The fourth-order valence-corrected chi connectivity index (χ4v) is 2.66. The molecule has 1 fully saturated rings. The lowest BCUT2D eigenvalue weighted by atomic mass is 10.0. The molecule has 16 heavy (non-hydrogen) atoms. The van der Waals surface area contributed by atoms with Crippen LogP contribution in [0.2, 0.25) is 0 Å². The highest BCUT2D eigenvalue weighted by atomic mass is 15.1. The summed E-state index contributed by atoms with van der Waals surface area (Å²) in [6, 6.07) is 0.792. The quantitative estimate of drug-likeness (QED) is 0.701. The van der Waals surface area contributed by atoms with E-state index in [1.165, 1.54) is 58.3 Å². The Kier molecular flexibility index (Phi) is 7.06. The minimum atomic E-state index is 0.792. The van der Waals surface area contributed by atoms with Crippen molar-refractivity contribution in [3.63, 3.8) is 0 Å². The van der Waals surface area contributed by atoms with Crippen LogP contribution in [0.4, 0.5) is 0 Å². The van der Waals surface area contributed by atoms with E-state index in [9.17, 15) is 0 Å². The van der Waals surface area contributed by atoms with E-state index in [-0.39, 0.29) is 0 Å². The van der Waals surface area contributed by atoms with Crippen molar-refractivity contribution in [3.8, 4) is 0 Å². The summed E-state index contributed by atoms with van der Waals surface area (Å²) in [6.07, 6.45) is 7.06. The minimum absolute atomic E-state index is 0.792. The second-order valence-corrected chi connectivity index (χ2v) is 5.29. The Hall–Kier alpha value is -0.0800. The van der Waals surface area contributed by atoms with Gasteiger partial charge in [-0.2, -0.15) is 0 Å². The number of nitrogens with zero attached hydrogens (tertiary/aromatic N) is 1. The van der Waals surface area contributed by atoms with Crippen LogP contribution in [0.5, 0.6) is 0 Å². The van der Waals surface area contributed by atoms with Gasteiger partial charge in [-0.25, -0.2) is 0 Å². The molecule has 2 nitrogen and oxygen atoms in total. The van der Waals surface area contributed by atoms with Crippen LogP contribution in [0.3, 0.4) is 0 Å². The van der Waals surface area contributed by atoms with Crippen molar-refractivity contribution in [3.05, 3.63) is 0 Å². The molecular formula is C14H30N2. The van der Waals surface area contributed by atoms with Crippen LogP contribution in [0.25, 0.3) is 0 Å². The fraction of sp³-hybridized carbons (Fsp3) is 1.00. The summed E-state index contributed by atoms with van der Waals surface area (Å²) in [5.74, 6) is 0.953. The van der Waals surface area contributed by atoms with Crippen molar-refractivity contribution in [1.29, 1.82) is 0 Å². The molecule has 2 heteroatoms. The number of nitrogens with one attached hydrogen (secondary N) is 1. The van der Waals surface area contributed by atoms with Crippen molar-refractivity contribution in [2.45, 2.75) is 58.9 Å². The normalized spacial score (nSPS) is 27.0. The first-order chi connectivity index (χ1) is 7.76. The number of likely N-dealkylation sites (N-methyl/N-ethyl adjacent to an activating group) is 1. The highest BCUT2D eigenvalue weighted by Gasteiger charge is 2.15. The van der Waals surface area contributed by atoms with E-state index >= 15 is 0 Å². The molecule has 1 rings (SSSR count). The first-order valence-electron chi connectivity index (χ1n) is 7.22. The second-order valence-electron chi connectivity index (χ2n) is 5.29. The highest BCUT2D eigenvalue weighted by molar-refractivity contribution is 4.73. The predicted octanol–water partition coefficient (Wildman–Crippen LogP) is 2.89. The molecule has 0 aliphatic heterocycles. The lowest BCUT2D eigenvalue weighted by molar-refractivity contribution is 0.292. The zero-order valence-electron chi connectivity index (χ0n) is 11.5. The van der Waals surface area contributed by atoms with Gasteiger partial charge in [-0.1, -0.05) is 33.6 Å². The molecule has 2 atom stereocenters. The zero-order chi connectivity index (χ0) is 11.8. The fourth-order valence-electron chi connectivity index (χ4n) is 2.66. The van der Waals surface area contributed by atoms with E-state index in [0.29, 0.717) is 0 Å². The van der Waals surface area contributed by atoms with E-state index in [1.54, 1.807) is 0 Å². The molecule has 0 aromatic carbocycles. The van der Waals surface area contributed by atoms with Gasteiger partial charge in [0.25, 0.3) is 0 Å². The molecule has 0 heterocycles. The van der Waals surface area contributed by atoms with Crippen LogP contribution < -0.4 is 5.32 Å². The van der Waals surface area contributed by atoms with Crippen molar-refractivity contribution in [1.82, 2.24) is 10.2 Å². The summed E-state index contributed by atoms with van der Waals surface area (Å²) >= 11 is 0. The number of hydrogen-bond donors (Lipinski definition) is 1. The summed E-state index contributed by atoms with van der Waals surface area (Å²) in [4.78, 5) is 2.49. The summed E-state index contributed by atoms with van der Waals surface area (Å²) < 4.78 is 0. The van der Waals surface area contributed by atoms with Crippen LogP contribution in [0.15, 0.2) is 0 Å². The summed E-state index contributed by atoms with van der Waals surface area (Å²) in [7, 11) is 0. The monoisotopic (exact) mass is 226 g/mol. The van der Waals surface area contributed by atoms with Crippen molar-refractivity contribution in [2.75, 3.05) is 26.2 Å². The molecule has 1 saturated carbocycles. The summed E-state index contributed by atoms with van der Waals surface area (Å²) in [6.45, 7) is 11.6. The molecule has 0 saturated heterocycles.